The van der Waals surface area contributed by atoms with Crippen molar-refractivity contribution in [1.29, 1.82) is 0 Å². The lowest BCUT2D eigenvalue weighted by atomic mass is 9.95. The second-order valence-electron chi connectivity index (χ2n) is 5.88. The first-order chi connectivity index (χ1) is 11.8. The van der Waals surface area contributed by atoms with Crippen molar-refractivity contribution in [3.63, 3.8) is 0 Å². The van der Waals surface area contributed by atoms with Gasteiger partial charge in [-0.3, -0.25) is 9.13 Å². The summed E-state index contributed by atoms with van der Waals surface area (Å²) in [6.07, 6.45) is 1.05. The van der Waals surface area contributed by atoms with Gasteiger partial charge < -0.3 is 29.7 Å². The summed E-state index contributed by atoms with van der Waals surface area (Å²) < 4.78 is 28.9. The van der Waals surface area contributed by atoms with Crippen molar-refractivity contribution in [3.8, 4) is 0 Å². The van der Waals surface area contributed by atoms with Crippen molar-refractivity contribution in [2.75, 3.05) is 32.7 Å². The lowest BCUT2D eigenvalue weighted by Crippen LogP contribution is -2.45. The van der Waals surface area contributed by atoms with E-state index in [0.717, 1.165) is 6.66 Å². The van der Waals surface area contributed by atoms with Gasteiger partial charge >= 0.3 is 7.60 Å². The molecule has 12 heteroatoms. The molecule has 1 aliphatic heterocycles. The Morgan fingerprint density at radius 3 is 2.96 bits per heavy atom. The molecule has 0 bridgehead atoms. The Bertz CT molecular complexity index is 809. The van der Waals surface area contributed by atoms with E-state index in [0.29, 0.717) is 11.2 Å². The summed E-state index contributed by atoms with van der Waals surface area (Å²) in [5.41, 5.74) is 5.51. The zero-order valence-corrected chi connectivity index (χ0v) is 14.7. The molecule has 0 saturated carbocycles. The molecule has 0 spiro atoms. The highest BCUT2D eigenvalue weighted by molar-refractivity contribution is 7.51. The first-order valence-electron chi connectivity index (χ1n) is 7.50. The second kappa shape index (κ2) is 6.60. The van der Waals surface area contributed by atoms with Crippen LogP contribution in [-0.4, -0.2) is 68.2 Å². The maximum atomic E-state index is 11.3. The quantitative estimate of drug-likeness (QED) is 0.585. The van der Waals surface area contributed by atoms with Crippen molar-refractivity contribution in [1.82, 2.24) is 19.5 Å². The van der Waals surface area contributed by atoms with Gasteiger partial charge in [0, 0.05) is 20.2 Å². The van der Waals surface area contributed by atoms with Crippen LogP contribution in [-0.2, 0) is 18.6 Å². The molecule has 11 nitrogen and oxygen atoms in total. The van der Waals surface area contributed by atoms with E-state index < -0.39 is 25.5 Å². The van der Waals surface area contributed by atoms with Crippen LogP contribution in [0.3, 0.4) is 0 Å². The van der Waals surface area contributed by atoms with Gasteiger partial charge in [-0.2, -0.15) is 0 Å². The number of ether oxygens (including phenoxy) is 2. The summed E-state index contributed by atoms with van der Waals surface area (Å²) >= 11 is 0. The zero-order valence-electron chi connectivity index (χ0n) is 13.8. The van der Waals surface area contributed by atoms with Crippen molar-refractivity contribution in [2.45, 2.75) is 24.4 Å². The topological polar surface area (TPSA) is 155 Å². The molecular formula is C13H20N5O6P. The van der Waals surface area contributed by atoms with Gasteiger partial charge in [0.2, 0.25) is 0 Å². The Morgan fingerprint density at radius 2 is 2.28 bits per heavy atom. The minimum Gasteiger partial charge on any atom is -0.385 e. The predicted molar refractivity (Wildman–Crippen MR) is 86.8 cm³/mol. The van der Waals surface area contributed by atoms with Crippen LogP contribution in [0, 0.1) is 0 Å². The number of methoxy groups -OCH3 is 1. The monoisotopic (exact) mass is 373 g/mol. The van der Waals surface area contributed by atoms with Gasteiger partial charge in [-0.25, -0.2) is 15.0 Å². The second-order valence-corrected chi connectivity index (χ2v) is 7.75. The molecule has 0 aromatic carbocycles. The smallest absolute Gasteiger partial charge is 0.325 e. The summed E-state index contributed by atoms with van der Waals surface area (Å²) in [7, 11) is -2.17. The first-order valence-corrected chi connectivity index (χ1v) is 9.52. The van der Waals surface area contributed by atoms with E-state index in [-0.39, 0.29) is 25.5 Å². The molecule has 4 N–H and O–H groups in total. The van der Waals surface area contributed by atoms with E-state index in [1.54, 1.807) is 4.57 Å². The van der Waals surface area contributed by atoms with E-state index in [1.807, 2.05) is 0 Å². The fraction of sp³-hybridized carbons (Fsp3) is 0.615. The zero-order chi connectivity index (χ0) is 18.2. The average molecular weight is 373 g/mol. The summed E-state index contributed by atoms with van der Waals surface area (Å²) in [4.78, 5) is 21.4. The number of hydrogen-bond acceptors (Lipinski definition) is 9. The Balaban J connectivity index is 1.83. The van der Waals surface area contributed by atoms with Gasteiger partial charge in [-0.1, -0.05) is 0 Å². The molecule has 25 heavy (non-hydrogen) atoms. The molecule has 1 saturated heterocycles. The molecular weight excluding hydrogens is 353 g/mol. The van der Waals surface area contributed by atoms with E-state index in [4.69, 9.17) is 19.7 Å². The summed E-state index contributed by atoms with van der Waals surface area (Å²) in [5, 5.41) is 10.8. The number of rotatable bonds is 6. The molecule has 0 amide bonds. The van der Waals surface area contributed by atoms with Crippen molar-refractivity contribution in [2.24, 2.45) is 0 Å². The van der Waals surface area contributed by atoms with Crippen molar-refractivity contribution >= 4 is 24.6 Å². The highest BCUT2D eigenvalue weighted by Crippen LogP contribution is 2.41. The van der Waals surface area contributed by atoms with Crippen molar-refractivity contribution < 1.29 is 28.6 Å². The van der Waals surface area contributed by atoms with Crippen molar-refractivity contribution in [3.05, 3.63) is 12.7 Å². The third-order valence-corrected chi connectivity index (χ3v) is 4.89. The van der Waals surface area contributed by atoms with E-state index in [2.05, 4.69) is 15.0 Å². The minimum absolute atomic E-state index is 0.0644. The number of imidazole rings is 1. The number of nitrogen functional groups attached to an aromatic ring is 1. The lowest BCUT2D eigenvalue weighted by molar-refractivity contribution is -0.0951. The predicted octanol–water partition coefficient (Wildman–Crippen LogP) is -0.0947. The number of aromatic nitrogens is 4. The first kappa shape index (κ1) is 18.2. The Kier molecular flexibility index (Phi) is 4.80. The number of anilines is 1. The van der Waals surface area contributed by atoms with Crippen LogP contribution in [0.2, 0.25) is 0 Å². The number of fused-ring (bicyclic) bond motifs is 1. The number of nitrogens with zero attached hydrogens (tertiary/aromatic N) is 4. The highest BCUT2D eigenvalue weighted by Gasteiger charge is 2.50. The fourth-order valence-corrected chi connectivity index (χ4v) is 3.27. The van der Waals surface area contributed by atoms with Crippen LogP contribution in [0.5, 0.6) is 0 Å². The fourth-order valence-electron chi connectivity index (χ4n) is 2.84. The molecule has 2 aromatic heterocycles. The lowest BCUT2D eigenvalue weighted by Gasteiger charge is -2.30. The van der Waals surface area contributed by atoms with Crippen LogP contribution < -0.4 is 5.73 Å². The molecule has 0 radical (unpaired) electrons. The van der Waals surface area contributed by atoms with Gasteiger partial charge in [-0.15, -0.1) is 0 Å². The van der Waals surface area contributed by atoms with Crippen LogP contribution in [0.4, 0.5) is 5.82 Å². The SMILES string of the molecule is COC1(CCOP(C)(=O)O)CO[C@H](n2cnc3c(N)ncnc32)C1O. The van der Waals surface area contributed by atoms with Gasteiger partial charge in [0.1, 0.15) is 23.5 Å². The summed E-state index contributed by atoms with van der Waals surface area (Å²) in [6, 6.07) is 0. The molecule has 1 aliphatic rings. The number of aliphatic hydroxyl groups excluding tert-OH is 1. The van der Waals surface area contributed by atoms with Gasteiger partial charge in [-0.05, 0) is 0 Å². The largest absolute Gasteiger partial charge is 0.385 e. The third kappa shape index (κ3) is 3.39. The maximum Gasteiger partial charge on any atom is 0.325 e. The molecule has 2 aromatic rings. The third-order valence-electron chi connectivity index (χ3n) is 4.23. The van der Waals surface area contributed by atoms with Gasteiger partial charge in [0.05, 0.1) is 19.5 Å². The molecule has 3 heterocycles. The van der Waals surface area contributed by atoms with Crippen LogP contribution in [0.1, 0.15) is 12.6 Å². The Hall–Kier alpha value is -1.62. The normalized spacial score (nSPS) is 29.1. The van der Waals surface area contributed by atoms with E-state index >= 15 is 0 Å². The highest BCUT2D eigenvalue weighted by atomic mass is 31.2. The molecule has 0 aliphatic carbocycles. The molecule has 1 fully saturated rings. The molecule has 3 rings (SSSR count). The number of hydrogen-bond donors (Lipinski definition) is 3. The average Bonchev–Trinajstić information content (AvgIpc) is 3.10. The minimum atomic E-state index is -3.61. The number of aliphatic hydroxyl groups is 1. The van der Waals surface area contributed by atoms with Crippen LogP contribution in [0.25, 0.3) is 11.2 Å². The molecule has 4 atom stereocenters. The molecule has 3 unspecified atom stereocenters. The summed E-state index contributed by atoms with van der Waals surface area (Å²) in [6.45, 7) is 1.10. The van der Waals surface area contributed by atoms with Crippen LogP contribution in [0.15, 0.2) is 12.7 Å². The Labute approximate surface area is 143 Å². The van der Waals surface area contributed by atoms with Gasteiger partial charge in [0.25, 0.3) is 0 Å². The maximum absolute atomic E-state index is 11.3. The summed E-state index contributed by atoms with van der Waals surface area (Å²) in [5.74, 6) is 0.226. The van der Waals surface area contributed by atoms with Gasteiger partial charge in [0.15, 0.2) is 17.7 Å². The Morgan fingerprint density at radius 1 is 1.52 bits per heavy atom. The molecule has 138 valence electrons. The number of nitrogens with two attached hydrogens (primary N) is 1. The van der Waals surface area contributed by atoms with E-state index in [9.17, 15) is 14.6 Å². The van der Waals surface area contributed by atoms with E-state index in [1.165, 1.54) is 19.8 Å². The van der Waals surface area contributed by atoms with Crippen LogP contribution >= 0.6 is 7.60 Å². The standard InChI is InChI=1S/C13H20N5O6P/c1-22-13(3-4-24-25(2,20)21)5-23-12(9(13)19)18-7-17-8-10(14)15-6-16-11(8)18/h6-7,9,12,19H,3-5H2,1-2H3,(H,20,21)(H2,14,15,16)/t9?,12-,13?/m0/s1.